The third-order valence-corrected chi connectivity index (χ3v) is 4.41. The van der Waals surface area contributed by atoms with E-state index in [1.165, 1.54) is 5.56 Å². The Balaban J connectivity index is 1.80. The molecule has 20 heavy (non-hydrogen) atoms. The van der Waals surface area contributed by atoms with Gasteiger partial charge in [-0.1, -0.05) is 0 Å². The quantitative estimate of drug-likeness (QED) is 0.754. The van der Waals surface area contributed by atoms with E-state index in [9.17, 15) is 9.59 Å². The molecule has 3 N–H and O–H groups in total. The molecule has 1 unspecified atom stereocenters. The second-order valence-electron chi connectivity index (χ2n) is 5.54. The molecule has 1 aromatic heterocycles. The van der Waals surface area contributed by atoms with Gasteiger partial charge in [0.1, 0.15) is 0 Å². The number of aliphatic carboxylic acids is 1. The Labute approximate surface area is 122 Å². The van der Waals surface area contributed by atoms with Gasteiger partial charge in [0.2, 0.25) is 0 Å². The van der Waals surface area contributed by atoms with Gasteiger partial charge in [-0.15, -0.1) is 0 Å². The lowest BCUT2D eigenvalue weighted by Crippen LogP contribution is -2.58. The lowest BCUT2D eigenvalue weighted by molar-refractivity contribution is -0.139. The van der Waals surface area contributed by atoms with E-state index in [4.69, 9.17) is 5.11 Å². The van der Waals surface area contributed by atoms with Crippen LogP contribution in [0.4, 0.5) is 4.79 Å². The molecule has 1 atom stereocenters. The highest BCUT2D eigenvalue weighted by molar-refractivity contribution is 7.07. The minimum Gasteiger partial charge on any atom is -0.481 e. The molecule has 0 saturated heterocycles. The predicted molar refractivity (Wildman–Crippen MR) is 78.0 cm³/mol. The summed E-state index contributed by atoms with van der Waals surface area (Å²) in [6.07, 6.45) is 3.23. The van der Waals surface area contributed by atoms with Gasteiger partial charge in [0, 0.05) is 6.04 Å². The van der Waals surface area contributed by atoms with Crippen LogP contribution in [0.25, 0.3) is 0 Å². The molecule has 1 aliphatic carbocycles. The Morgan fingerprint density at radius 3 is 2.75 bits per heavy atom. The maximum absolute atomic E-state index is 12.0. The summed E-state index contributed by atoms with van der Waals surface area (Å²) in [5, 5.41) is 18.7. The molecule has 0 aromatic carbocycles. The Bertz CT molecular complexity index is 469. The first-order chi connectivity index (χ1) is 9.49. The van der Waals surface area contributed by atoms with Crippen LogP contribution in [0, 0.1) is 0 Å². The van der Waals surface area contributed by atoms with Crippen LogP contribution in [0.3, 0.4) is 0 Å². The number of rotatable bonds is 6. The van der Waals surface area contributed by atoms with Crippen molar-refractivity contribution in [2.45, 2.75) is 50.6 Å². The number of hydrogen-bond acceptors (Lipinski definition) is 3. The van der Waals surface area contributed by atoms with Crippen molar-refractivity contribution in [3.05, 3.63) is 22.4 Å². The van der Waals surface area contributed by atoms with E-state index < -0.39 is 11.5 Å². The molecule has 1 saturated carbocycles. The normalized spacial score (nSPS) is 17.9. The van der Waals surface area contributed by atoms with Crippen LogP contribution >= 0.6 is 11.3 Å². The van der Waals surface area contributed by atoms with E-state index in [1.54, 1.807) is 11.3 Å². The van der Waals surface area contributed by atoms with Crippen LogP contribution in [0.1, 0.15) is 38.2 Å². The molecule has 2 amide bonds. The van der Waals surface area contributed by atoms with Crippen molar-refractivity contribution >= 4 is 23.3 Å². The first-order valence-corrected chi connectivity index (χ1v) is 7.75. The molecule has 2 rings (SSSR count). The van der Waals surface area contributed by atoms with Crippen molar-refractivity contribution in [2.24, 2.45) is 0 Å². The molecular weight excluding hydrogens is 276 g/mol. The Morgan fingerprint density at radius 2 is 2.25 bits per heavy atom. The summed E-state index contributed by atoms with van der Waals surface area (Å²) in [7, 11) is 0. The minimum atomic E-state index is -0.865. The Hall–Kier alpha value is -1.56. The average Bonchev–Trinajstić information content (AvgIpc) is 2.77. The summed E-state index contributed by atoms with van der Waals surface area (Å²) < 4.78 is 0. The van der Waals surface area contributed by atoms with E-state index in [-0.39, 0.29) is 18.5 Å². The molecule has 1 aromatic rings. The molecule has 0 radical (unpaired) electrons. The standard InChI is InChI=1S/C14H20N2O3S/c1-10(7-11-3-6-20-9-11)15-13(19)16-14(4-2-5-14)8-12(17)18/h3,6,9-10H,2,4-5,7-8H2,1H3,(H,17,18)(H2,15,16,19). The van der Waals surface area contributed by atoms with Gasteiger partial charge in [0.25, 0.3) is 0 Å². The van der Waals surface area contributed by atoms with Crippen LogP contribution in [0.2, 0.25) is 0 Å². The second-order valence-corrected chi connectivity index (χ2v) is 6.32. The van der Waals surface area contributed by atoms with Gasteiger partial charge >= 0.3 is 12.0 Å². The second kappa shape index (κ2) is 6.26. The smallest absolute Gasteiger partial charge is 0.315 e. The average molecular weight is 296 g/mol. The van der Waals surface area contributed by atoms with E-state index >= 15 is 0 Å². The lowest BCUT2D eigenvalue weighted by atomic mass is 9.74. The van der Waals surface area contributed by atoms with Crippen LogP contribution in [0.15, 0.2) is 16.8 Å². The first kappa shape index (κ1) is 14.8. The summed E-state index contributed by atoms with van der Waals surface area (Å²) in [4.78, 5) is 22.8. The van der Waals surface area contributed by atoms with Gasteiger partial charge < -0.3 is 15.7 Å². The fourth-order valence-corrected chi connectivity index (χ4v) is 3.23. The summed E-state index contributed by atoms with van der Waals surface area (Å²) >= 11 is 1.64. The zero-order valence-corrected chi connectivity index (χ0v) is 12.3. The van der Waals surface area contributed by atoms with Crippen LogP contribution in [0.5, 0.6) is 0 Å². The zero-order chi connectivity index (χ0) is 14.6. The highest BCUT2D eigenvalue weighted by atomic mass is 32.1. The van der Waals surface area contributed by atoms with Gasteiger partial charge in [0.15, 0.2) is 0 Å². The maximum atomic E-state index is 12.0. The van der Waals surface area contributed by atoms with Crippen molar-refractivity contribution < 1.29 is 14.7 Å². The number of carbonyl (C=O) groups excluding carboxylic acids is 1. The van der Waals surface area contributed by atoms with Crippen LogP contribution < -0.4 is 10.6 Å². The van der Waals surface area contributed by atoms with Gasteiger partial charge in [-0.2, -0.15) is 11.3 Å². The van der Waals surface area contributed by atoms with Crippen molar-refractivity contribution in [1.82, 2.24) is 10.6 Å². The molecule has 1 aliphatic rings. The molecule has 1 fully saturated rings. The van der Waals surface area contributed by atoms with E-state index in [1.807, 2.05) is 18.4 Å². The van der Waals surface area contributed by atoms with Crippen LogP contribution in [-0.4, -0.2) is 28.7 Å². The molecular formula is C14H20N2O3S. The third kappa shape index (κ3) is 3.96. The molecule has 6 heteroatoms. The Kier molecular flexibility index (Phi) is 4.65. The van der Waals surface area contributed by atoms with Gasteiger partial charge in [-0.25, -0.2) is 4.79 Å². The molecule has 0 aliphatic heterocycles. The Morgan fingerprint density at radius 1 is 1.50 bits per heavy atom. The first-order valence-electron chi connectivity index (χ1n) is 6.81. The van der Waals surface area contributed by atoms with Gasteiger partial charge in [-0.05, 0) is 55.0 Å². The fourth-order valence-electron chi connectivity index (χ4n) is 2.55. The highest BCUT2D eigenvalue weighted by Gasteiger charge is 2.40. The van der Waals surface area contributed by atoms with Crippen LogP contribution in [-0.2, 0) is 11.2 Å². The van der Waals surface area contributed by atoms with E-state index in [0.29, 0.717) is 0 Å². The summed E-state index contributed by atoms with van der Waals surface area (Å²) in [6, 6.07) is 1.79. The number of carboxylic acid groups (broad SMARTS) is 1. The molecule has 1 heterocycles. The van der Waals surface area contributed by atoms with Crippen molar-refractivity contribution in [1.29, 1.82) is 0 Å². The topological polar surface area (TPSA) is 78.4 Å². The zero-order valence-electron chi connectivity index (χ0n) is 11.5. The summed E-state index contributed by atoms with van der Waals surface area (Å²) in [6.45, 7) is 1.95. The molecule has 0 spiro atoms. The molecule has 110 valence electrons. The maximum Gasteiger partial charge on any atom is 0.315 e. The number of hydrogen-bond donors (Lipinski definition) is 3. The van der Waals surface area contributed by atoms with E-state index in [0.717, 1.165) is 25.7 Å². The SMILES string of the molecule is CC(Cc1ccsc1)NC(=O)NC1(CC(=O)O)CCC1. The predicted octanol–water partition coefficient (Wildman–Crippen LogP) is 2.38. The third-order valence-electron chi connectivity index (χ3n) is 3.68. The number of carbonyl (C=O) groups is 2. The lowest BCUT2D eigenvalue weighted by Gasteiger charge is -2.41. The number of thiophene rings is 1. The fraction of sp³-hybridized carbons (Fsp3) is 0.571. The van der Waals surface area contributed by atoms with Gasteiger partial charge in [-0.3, -0.25) is 4.79 Å². The van der Waals surface area contributed by atoms with Gasteiger partial charge in [0.05, 0.1) is 12.0 Å². The number of carboxylic acids is 1. The van der Waals surface area contributed by atoms with Crippen molar-refractivity contribution in [3.63, 3.8) is 0 Å². The monoisotopic (exact) mass is 296 g/mol. The van der Waals surface area contributed by atoms with Crippen molar-refractivity contribution in [2.75, 3.05) is 0 Å². The number of amides is 2. The number of nitrogens with one attached hydrogen (secondary N) is 2. The molecule has 0 bridgehead atoms. The number of urea groups is 1. The minimum absolute atomic E-state index is 0.000663. The molecule has 5 nitrogen and oxygen atoms in total. The summed E-state index contributed by atoms with van der Waals surface area (Å²) in [5.74, 6) is -0.865. The summed E-state index contributed by atoms with van der Waals surface area (Å²) in [5.41, 5.74) is 0.657. The largest absolute Gasteiger partial charge is 0.481 e. The van der Waals surface area contributed by atoms with Crippen molar-refractivity contribution in [3.8, 4) is 0 Å². The highest BCUT2D eigenvalue weighted by Crippen LogP contribution is 2.34. The van der Waals surface area contributed by atoms with E-state index in [2.05, 4.69) is 16.0 Å².